The van der Waals surface area contributed by atoms with Gasteiger partial charge in [-0.15, -0.1) is 0 Å². The van der Waals surface area contributed by atoms with Crippen LogP contribution in [0.5, 0.6) is 5.75 Å². The van der Waals surface area contributed by atoms with Crippen LogP contribution in [0.25, 0.3) is 0 Å². The molecule has 30 heavy (non-hydrogen) atoms. The van der Waals surface area contributed by atoms with Gasteiger partial charge in [0.25, 0.3) is 5.91 Å². The first-order valence-corrected chi connectivity index (χ1v) is 10.7. The van der Waals surface area contributed by atoms with Gasteiger partial charge in [-0.05, 0) is 62.6 Å². The summed E-state index contributed by atoms with van der Waals surface area (Å²) >= 11 is 12.3. The first-order chi connectivity index (χ1) is 14.2. The molecule has 2 aromatic carbocycles. The van der Waals surface area contributed by atoms with Crippen LogP contribution in [0.1, 0.15) is 38.3 Å². The molecule has 2 rings (SSSR count). The minimum Gasteiger partial charge on any atom is -0.484 e. The molecule has 1 N–H and O–H groups in total. The normalized spacial score (nSPS) is 12.7. The van der Waals surface area contributed by atoms with E-state index in [4.69, 9.17) is 27.9 Å². The van der Waals surface area contributed by atoms with E-state index in [2.05, 4.69) is 5.32 Å². The fourth-order valence-corrected chi connectivity index (χ4v) is 3.11. The monoisotopic (exact) mass is 450 g/mol. The molecule has 2 amide bonds. The average molecular weight is 451 g/mol. The number of amides is 2. The third kappa shape index (κ3) is 6.64. The number of carbonyl (C=O) groups excluding carboxylic acids is 2. The van der Waals surface area contributed by atoms with Crippen LogP contribution in [-0.4, -0.2) is 35.4 Å². The van der Waals surface area contributed by atoms with Gasteiger partial charge in [-0.1, -0.05) is 48.3 Å². The van der Waals surface area contributed by atoms with E-state index in [-0.39, 0.29) is 31.0 Å². The SMILES string of the molecule is CC[C@@H](C)NC(=O)[C@H](C)N(Cc1ccccc1Cl)C(=O)COc1ccc(Cl)c(C)c1. The number of rotatable bonds is 9. The van der Waals surface area contributed by atoms with Gasteiger partial charge in [0, 0.05) is 22.6 Å². The second-order valence-electron chi connectivity index (χ2n) is 7.31. The maximum absolute atomic E-state index is 13.0. The molecule has 0 fully saturated rings. The number of nitrogens with zero attached hydrogens (tertiary/aromatic N) is 1. The lowest BCUT2D eigenvalue weighted by Gasteiger charge is -2.30. The highest BCUT2D eigenvalue weighted by molar-refractivity contribution is 6.31. The van der Waals surface area contributed by atoms with Crippen molar-refractivity contribution in [3.8, 4) is 5.75 Å². The molecule has 162 valence electrons. The number of ether oxygens (including phenoxy) is 1. The predicted octanol–water partition coefficient (Wildman–Crippen LogP) is 5.01. The van der Waals surface area contributed by atoms with Crippen LogP contribution in [0.4, 0.5) is 0 Å². The zero-order valence-corrected chi connectivity index (χ0v) is 19.3. The van der Waals surface area contributed by atoms with Gasteiger partial charge in [-0.25, -0.2) is 0 Å². The number of hydrogen-bond donors (Lipinski definition) is 1. The van der Waals surface area contributed by atoms with E-state index < -0.39 is 6.04 Å². The van der Waals surface area contributed by atoms with Crippen molar-refractivity contribution >= 4 is 35.0 Å². The van der Waals surface area contributed by atoms with E-state index in [9.17, 15) is 9.59 Å². The number of nitrogens with one attached hydrogen (secondary N) is 1. The minimum atomic E-state index is -0.682. The zero-order chi connectivity index (χ0) is 22.3. The second kappa shape index (κ2) is 11.2. The van der Waals surface area contributed by atoms with Crippen molar-refractivity contribution in [1.82, 2.24) is 10.2 Å². The average Bonchev–Trinajstić information content (AvgIpc) is 2.73. The molecular formula is C23H28Cl2N2O3. The minimum absolute atomic E-state index is 0.0190. The third-order valence-corrected chi connectivity index (χ3v) is 5.75. The first-order valence-electron chi connectivity index (χ1n) is 9.95. The molecule has 0 bridgehead atoms. The van der Waals surface area contributed by atoms with Gasteiger partial charge in [0.2, 0.25) is 5.91 Å². The van der Waals surface area contributed by atoms with Crippen molar-refractivity contribution in [1.29, 1.82) is 0 Å². The quantitative estimate of drug-likeness (QED) is 0.583. The second-order valence-corrected chi connectivity index (χ2v) is 8.12. The summed E-state index contributed by atoms with van der Waals surface area (Å²) in [4.78, 5) is 27.2. The molecule has 2 atom stereocenters. The lowest BCUT2D eigenvalue weighted by Crippen LogP contribution is -2.50. The Kier molecular flexibility index (Phi) is 9.00. The fourth-order valence-electron chi connectivity index (χ4n) is 2.79. The smallest absolute Gasteiger partial charge is 0.261 e. The number of hydrogen-bond acceptors (Lipinski definition) is 3. The van der Waals surface area contributed by atoms with Crippen LogP contribution in [0.2, 0.25) is 10.0 Å². The Hall–Kier alpha value is -2.24. The topological polar surface area (TPSA) is 58.6 Å². The third-order valence-electron chi connectivity index (χ3n) is 4.96. The van der Waals surface area contributed by atoms with Crippen molar-refractivity contribution in [3.05, 3.63) is 63.6 Å². The molecule has 2 aromatic rings. The van der Waals surface area contributed by atoms with E-state index in [1.165, 1.54) is 4.90 Å². The molecule has 0 spiro atoms. The number of carbonyl (C=O) groups is 2. The Balaban J connectivity index is 2.18. The van der Waals surface area contributed by atoms with E-state index >= 15 is 0 Å². The van der Waals surface area contributed by atoms with E-state index in [1.807, 2.05) is 39.0 Å². The molecule has 0 heterocycles. The molecule has 0 saturated carbocycles. The molecule has 0 aliphatic carbocycles. The Labute approximate surface area is 188 Å². The van der Waals surface area contributed by atoms with Crippen LogP contribution in [0.3, 0.4) is 0 Å². The Bertz CT molecular complexity index is 889. The Morgan fingerprint density at radius 1 is 1.10 bits per heavy atom. The number of aryl methyl sites for hydroxylation is 1. The van der Waals surface area contributed by atoms with Gasteiger partial charge in [-0.2, -0.15) is 0 Å². The predicted molar refractivity (Wildman–Crippen MR) is 121 cm³/mol. The Morgan fingerprint density at radius 2 is 1.80 bits per heavy atom. The van der Waals surface area contributed by atoms with Gasteiger partial charge in [0.1, 0.15) is 11.8 Å². The molecule has 5 nitrogen and oxygen atoms in total. The lowest BCUT2D eigenvalue weighted by molar-refractivity contribution is -0.142. The molecule has 0 unspecified atom stereocenters. The van der Waals surface area contributed by atoms with Gasteiger partial charge in [0.05, 0.1) is 0 Å². The van der Waals surface area contributed by atoms with Crippen molar-refractivity contribution in [2.75, 3.05) is 6.61 Å². The largest absolute Gasteiger partial charge is 0.484 e. The maximum Gasteiger partial charge on any atom is 0.261 e. The summed E-state index contributed by atoms with van der Waals surface area (Å²) in [6.07, 6.45) is 0.802. The summed E-state index contributed by atoms with van der Waals surface area (Å²) < 4.78 is 5.67. The molecule has 0 saturated heterocycles. The van der Waals surface area contributed by atoms with Crippen molar-refractivity contribution in [3.63, 3.8) is 0 Å². The summed E-state index contributed by atoms with van der Waals surface area (Å²) in [6, 6.07) is 11.8. The van der Waals surface area contributed by atoms with E-state index in [0.29, 0.717) is 15.8 Å². The summed E-state index contributed by atoms with van der Waals surface area (Å²) in [5, 5.41) is 4.10. The van der Waals surface area contributed by atoms with Crippen molar-refractivity contribution in [2.45, 2.75) is 52.7 Å². The molecule has 0 aromatic heterocycles. The van der Waals surface area contributed by atoms with Crippen LogP contribution >= 0.6 is 23.2 Å². The van der Waals surface area contributed by atoms with E-state index in [1.54, 1.807) is 31.2 Å². The standard InChI is InChI=1S/C23H28Cl2N2O3/c1-5-16(3)26-23(29)17(4)27(13-18-8-6-7-9-21(18)25)22(28)14-30-19-10-11-20(24)15(2)12-19/h6-12,16-17H,5,13-14H2,1-4H3,(H,26,29)/t16-,17+/m1/s1. The lowest BCUT2D eigenvalue weighted by atomic mass is 10.1. The van der Waals surface area contributed by atoms with Crippen molar-refractivity contribution < 1.29 is 14.3 Å². The Morgan fingerprint density at radius 3 is 2.43 bits per heavy atom. The highest BCUT2D eigenvalue weighted by Gasteiger charge is 2.27. The molecule has 0 radical (unpaired) electrons. The van der Waals surface area contributed by atoms with Gasteiger partial charge >= 0.3 is 0 Å². The molecule has 0 aliphatic rings. The van der Waals surface area contributed by atoms with E-state index in [0.717, 1.165) is 17.5 Å². The summed E-state index contributed by atoms with van der Waals surface area (Å²) in [6.45, 7) is 7.49. The summed E-state index contributed by atoms with van der Waals surface area (Å²) in [5.74, 6) is 0.0149. The number of benzene rings is 2. The van der Waals surface area contributed by atoms with Gasteiger partial charge in [0.15, 0.2) is 6.61 Å². The highest BCUT2D eigenvalue weighted by Crippen LogP contribution is 2.22. The molecule has 7 heteroatoms. The molecular weight excluding hydrogens is 423 g/mol. The maximum atomic E-state index is 13.0. The summed E-state index contributed by atoms with van der Waals surface area (Å²) in [7, 11) is 0. The highest BCUT2D eigenvalue weighted by atomic mass is 35.5. The van der Waals surface area contributed by atoms with Crippen LogP contribution in [-0.2, 0) is 16.1 Å². The zero-order valence-electron chi connectivity index (χ0n) is 17.7. The first kappa shape index (κ1) is 24.0. The fraction of sp³-hybridized carbons (Fsp3) is 0.391. The summed E-state index contributed by atoms with van der Waals surface area (Å²) in [5.41, 5.74) is 1.62. The van der Waals surface area contributed by atoms with Gasteiger partial charge < -0.3 is 15.0 Å². The number of halogens is 2. The van der Waals surface area contributed by atoms with Crippen LogP contribution in [0, 0.1) is 6.92 Å². The molecule has 0 aliphatic heterocycles. The van der Waals surface area contributed by atoms with Crippen LogP contribution in [0.15, 0.2) is 42.5 Å². The van der Waals surface area contributed by atoms with Crippen LogP contribution < -0.4 is 10.1 Å². The van der Waals surface area contributed by atoms with Crippen molar-refractivity contribution in [2.24, 2.45) is 0 Å². The van der Waals surface area contributed by atoms with Gasteiger partial charge in [-0.3, -0.25) is 9.59 Å².